The van der Waals surface area contributed by atoms with Gasteiger partial charge >= 0.3 is 0 Å². The van der Waals surface area contributed by atoms with Crippen molar-refractivity contribution in [1.29, 1.82) is 0 Å². The molecule has 7 nitrogen and oxygen atoms in total. The maximum atomic E-state index is 12.5. The van der Waals surface area contributed by atoms with Gasteiger partial charge in [0.05, 0.1) is 20.3 Å². The minimum atomic E-state index is -0.445. The molecule has 2 aliphatic heterocycles. The van der Waals surface area contributed by atoms with Crippen molar-refractivity contribution in [3.05, 3.63) is 29.8 Å². The third-order valence-electron chi connectivity index (χ3n) is 4.38. The largest absolute Gasteiger partial charge is 0.497 e. The number of nitrogens with zero attached hydrogens (tertiary/aromatic N) is 1. The van der Waals surface area contributed by atoms with Crippen molar-refractivity contribution in [3.8, 4) is 5.75 Å². The molecule has 2 amide bonds. The van der Waals surface area contributed by atoms with Gasteiger partial charge < -0.3 is 25.0 Å². The van der Waals surface area contributed by atoms with Crippen molar-refractivity contribution >= 4 is 24.2 Å². The summed E-state index contributed by atoms with van der Waals surface area (Å²) in [5, 5.41) is 5.94. The molecule has 0 saturated carbocycles. The first kappa shape index (κ1) is 19.5. The van der Waals surface area contributed by atoms with E-state index < -0.39 is 6.04 Å². The van der Waals surface area contributed by atoms with Crippen LogP contribution >= 0.6 is 12.4 Å². The summed E-state index contributed by atoms with van der Waals surface area (Å²) >= 11 is 0. The fourth-order valence-electron chi connectivity index (χ4n) is 2.99. The highest BCUT2D eigenvalue weighted by Crippen LogP contribution is 2.17. The molecule has 0 radical (unpaired) electrons. The normalized spacial score (nSPS) is 23.1. The van der Waals surface area contributed by atoms with Gasteiger partial charge in [0.15, 0.2) is 0 Å². The lowest BCUT2D eigenvalue weighted by molar-refractivity contribution is -0.134. The minimum Gasteiger partial charge on any atom is -0.497 e. The van der Waals surface area contributed by atoms with Crippen LogP contribution in [0.5, 0.6) is 5.75 Å². The number of methoxy groups -OCH3 is 1. The molecule has 8 heteroatoms. The highest BCUT2D eigenvalue weighted by Gasteiger charge is 2.34. The maximum absolute atomic E-state index is 12.5. The van der Waals surface area contributed by atoms with Crippen LogP contribution in [0, 0.1) is 0 Å². The summed E-state index contributed by atoms with van der Waals surface area (Å²) in [6, 6.07) is 6.83. The Balaban J connectivity index is 0.00000225. The van der Waals surface area contributed by atoms with Gasteiger partial charge in [0.25, 0.3) is 0 Å². The van der Waals surface area contributed by atoms with Crippen molar-refractivity contribution in [1.82, 2.24) is 15.5 Å². The van der Waals surface area contributed by atoms with Crippen LogP contribution in [-0.4, -0.2) is 62.2 Å². The van der Waals surface area contributed by atoms with Crippen LogP contribution in [0.15, 0.2) is 24.3 Å². The number of amides is 2. The lowest BCUT2D eigenvalue weighted by Crippen LogP contribution is -2.54. The van der Waals surface area contributed by atoms with Gasteiger partial charge in [-0.15, -0.1) is 12.4 Å². The second kappa shape index (κ2) is 9.03. The smallest absolute Gasteiger partial charge is 0.245 e. The molecule has 2 N–H and O–H groups in total. The average Bonchev–Trinajstić information content (AvgIpc) is 2.96. The van der Waals surface area contributed by atoms with E-state index in [0.29, 0.717) is 39.3 Å². The Morgan fingerprint density at radius 2 is 2.16 bits per heavy atom. The summed E-state index contributed by atoms with van der Waals surface area (Å²) in [5.41, 5.74) is 1.04. The molecule has 0 bridgehead atoms. The van der Waals surface area contributed by atoms with Crippen LogP contribution in [0.3, 0.4) is 0 Å². The van der Waals surface area contributed by atoms with Crippen molar-refractivity contribution in [3.63, 3.8) is 0 Å². The van der Waals surface area contributed by atoms with Crippen LogP contribution in [0.25, 0.3) is 0 Å². The molecule has 2 saturated heterocycles. The van der Waals surface area contributed by atoms with E-state index in [9.17, 15) is 9.59 Å². The molecule has 2 aliphatic rings. The minimum absolute atomic E-state index is 0. The van der Waals surface area contributed by atoms with E-state index in [-0.39, 0.29) is 30.3 Å². The Morgan fingerprint density at radius 3 is 2.80 bits per heavy atom. The van der Waals surface area contributed by atoms with E-state index in [0.717, 1.165) is 11.3 Å². The van der Waals surface area contributed by atoms with E-state index in [4.69, 9.17) is 9.47 Å². The van der Waals surface area contributed by atoms with E-state index in [2.05, 4.69) is 10.6 Å². The van der Waals surface area contributed by atoms with Crippen LogP contribution < -0.4 is 15.4 Å². The van der Waals surface area contributed by atoms with Gasteiger partial charge in [0.2, 0.25) is 11.8 Å². The Morgan fingerprint density at radius 1 is 1.40 bits per heavy atom. The maximum Gasteiger partial charge on any atom is 0.245 e. The molecule has 2 fully saturated rings. The molecule has 1 aromatic rings. The van der Waals surface area contributed by atoms with Crippen molar-refractivity contribution in [2.45, 2.75) is 25.0 Å². The first-order valence-corrected chi connectivity index (χ1v) is 8.20. The molecule has 2 heterocycles. The molecular weight excluding hydrogens is 346 g/mol. The summed E-state index contributed by atoms with van der Waals surface area (Å²) < 4.78 is 10.4. The molecule has 0 aliphatic carbocycles. The van der Waals surface area contributed by atoms with Gasteiger partial charge in [-0.2, -0.15) is 0 Å². The quantitative estimate of drug-likeness (QED) is 0.781. The van der Waals surface area contributed by atoms with Crippen molar-refractivity contribution in [2.75, 3.05) is 33.4 Å². The third kappa shape index (κ3) is 4.84. The van der Waals surface area contributed by atoms with E-state index in [1.165, 1.54) is 0 Å². The summed E-state index contributed by atoms with van der Waals surface area (Å²) in [7, 11) is 1.62. The number of hydrogen-bond acceptors (Lipinski definition) is 5. The van der Waals surface area contributed by atoms with E-state index in [1.54, 1.807) is 12.0 Å². The molecule has 0 aromatic heterocycles. The number of nitrogens with one attached hydrogen (secondary N) is 2. The van der Waals surface area contributed by atoms with Gasteiger partial charge in [0, 0.05) is 19.6 Å². The second-order valence-corrected chi connectivity index (χ2v) is 6.04. The zero-order chi connectivity index (χ0) is 16.9. The predicted octanol–water partition coefficient (Wildman–Crippen LogP) is 0.323. The van der Waals surface area contributed by atoms with Crippen LogP contribution in [0.1, 0.15) is 12.0 Å². The Bertz CT molecular complexity index is 590. The lowest BCUT2D eigenvalue weighted by atomic mass is 10.2. The van der Waals surface area contributed by atoms with E-state index >= 15 is 0 Å². The number of benzene rings is 1. The van der Waals surface area contributed by atoms with E-state index in [1.807, 2.05) is 24.3 Å². The fraction of sp³-hybridized carbons (Fsp3) is 0.529. The van der Waals surface area contributed by atoms with Gasteiger partial charge in [-0.25, -0.2) is 0 Å². The highest BCUT2D eigenvalue weighted by molar-refractivity contribution is 5.91. The number of carbonyl (C=O) groups excluding carboxylic acids is 2. The number of rotatable bonds is 5. The molecule has 2 unspecified atom stereocenters. The van der Waals surface area contributed by atoms with Gasteiger partial charge in [-0.3, -0.25) is 9.59 Å². The molecule has 25 heavy (non-hydrogen) atoms. The summed E-state index contributed by atoms with van der Waals surface area (Å²) in [6.07, 6.45) is 0.633. The molecule has 2 atom stereocenters. The first-order chi connectivity index (χ1) is 11.7. The van der Waals surface area contributed by atoms with Crippen molar-refractivity contribution < 1.29 is 19.1 Å². The average molecular weight is 370 g/mol. The predicted molar refractivity (Wildman–Crippen MR) is 94.8 cm³/mol. The zero-order valence-corrected chi connectivity index (χ0v) is 15.0. The fourth-order valence-corrected chi connectivity index (χ4v) is 2.99. The number of halogens is 1. The topological polar surface area (TPSA) is 79.9 Å². The standard InChI is InChI=1S/C17H23N3O4.ClH/c1-23-13-4-2-12(3-5-13)10-20-8-6-14(17(20)22)19-16(21)15-11-24-9-7-18-15;/h2-5,14-15,18H,6-11H2,1H3,(H,19,21);1H. The summed E-state index contributed by atoms with van der Waals surface area (Å²) in [5.74, 6) is 0.592. The molecule has 138 valence electrons. The molecular formula is C17H24ClN3O4. The third-order valence-corrected chi connectivity index (χ3v) is 4.38. The number of morpholine rings is 1. The number of carbonyl (C=O) groups is 2. The van der Waals surface area contributed by atoms with Crippen LogP contribution in [-0.2, 0) is 20.9 Å². The molecule has 1 aromatic carbocycles. The molecule has 0 spiro atoms. The number of likely N-dealkylation sites (tertiary alicyclic amines) is 1. The molecule has 3 rings (SSSR count). The van der Waals surface area contributed by atoms with Gasteiger partial charge in [0.1, 0.15) is 17.8 Å². The summed E-state index contributed by atoms with van der Waals surface area (Å²) in [4.78, 5) is 26.5. The number of ether oxygens (including phenoxy) is 2. The zero-order valence-electron chi connectivity index (χ0n) is 14.2. The van der Waals surface area contributed by atoms with Crippen LogP contribution in [0.2, 0.25) is 0 Å². The van der Waals surface area contributed by atoms with Crippen molar-refractivity contribution in [2.24, 2.45) is 0 Å². The first-order valence-electron chi connectivity index (χ1n) is 8.20. The Hall–Kier alpha value is -1.83. The SMILES string of the molecule is COc1ccc(CN2CCC(NC(=O)C3COCCN3)C2=O)cc1.Cl. The van der Waals surface area contributed by atoms with Gasteiger partial charge in [-0.1, -0.05) is 12.1 Å². The second-order valence-electron chi connectivity index (χ2n) is 6.04. The number of hydrogen-bond donors (Lipinski definition) is 2. The van der Waals surface area contributed by atoms with Crippen LogP contribution in [0.4, 0.5) is 0 Å². The Kier molecular flexibility index (Phi) is 7.04. The monoisotopic (exact) mass is 369 g/mol. The Labute approximate surface area is 153 Å². The van der Waals surface area contributed by atoms with Gasteiger partial charge in [-0.05, 0) is 24.1 Å². The highest BCUT2D eigenvalue weighted by atomic mass is 35.5. The summed E-state index contributed by atoms with van der Waals surface area (Å²) in [6.45, 7) is 2.80. The lowest BCUT2D eigenvalue weighted by Gasteiger charge is -2.24.